The monoisotopic (exact) mass is 402 g/mol. The summed E-state index contributed by atoms with van der Waals surface area (Å²) in [5, 5.41) is 3.81. The highest BCUT2D eigenvalue weighted by atomic mass is 32.1. The highest BCUT2D eigenvalue weighted by molar-refractivity contribution is 7.80. The molecule has 0 radical (unpaired) electrons. The van der Waals surface area contributed by atoms with E-state index < -0.39 is 11.1 Å². The van der Waals surface area contributed by atoms with Gasteiger partial charge in [0.1, 0.15) is 17.1 Å². The van der Waals surface area contributed by atoms with Crippen molar-refractivity contribution in [2.75, 3.05) is 20.8 Å². The second-order valence-electron chi connectivity index (χ2n) is 8.49. The van der Waals surface area contributed by atoms with E-state index in [1.807, 2.05) is 18.2 Å². The Morgan fingerprint density at radius 3 is 2.64 bits per heavy atom. The minimum atomic E-state index is -0.994. The number of fused-ring (bicyclic) bond motifs is 3. The van der Waals surface area contributed by atoms with Gasteiger partial charge in [0, 0.05) is 19.7 Å². The lowest BCUT2D eigenvalue weighted by Crippen LogP contribution is -2.62. The van der Waals surface area contributed by atoms with Gasteiger partial charge in [-0.15, -0.1) is 0 Å². The van der Waals surface area contributed by atoms with Gasteiger partial charge in [-0.3, -0.25) is 9.69 Å². The van der Waals surface area contributed by atoms with Crippen molar-refractivity contribution < 1.29 is 19.0 Å². The zero-order valence-corrected chi connectivity index (χ0v) is 17.1. The molecule has 2 aliphatic carbocycles. The predicted molar refractivity (Wildman–Crippen MR) is 107 cm³/mol. The summed E-state index contributed by atoms with van der Waals surface area (Å²) in [5.41, 5.74) is -0.814. The van der Waals surface area contributed by atoms with Gasteiger partial charge in [-0.05, 0) is 74.9 Å². The fraction of sp³-hybridized carbons (Fsp3) is 0.619. The topological polar surface area (TPSA) is 60.0 Å². The number of nitrogens with one attached hydrogen (secondary N) is 1. The van der Waals surface area contributed by atoms with E-state index in [4.69, 9.17) is 26.4 Å². The molecule has 28 heavy (non-hydrogen) atoms. The van der Waals surface area contributed by atoms with Crippen LogP contribution in [0.1, 0.15) is 44.1 Å². The quantitative estimate of drug-likeness (QED) is 0.782. The van der Waals surface area contributed by atoms with Crippen LogP contribution in [0.5, 0.6) is 11.5 Å². The van der Waals surface area contributed by atoms with E-state index in [-0.39, 0.29) is 12.0 Å². The van der Waals surface area contributed by atoms with Crippen molar-refractivity contribution in [3.63, 3.8) is 0 Å². The van der Waals surface area contributed by atoms with E-state index in [1.165, 1.54) is 17.7 Å². The third-order valence-electron chi connectivity index (χ3n) is 6.82. The molecule has 1 aromatic rings. The number of benzene rings is 1. The van der Waals surface area contributed by atoms with Crippen LogP contribution in [0.15, 0.2) is 18.2 Å². The molecule has 2 spiro atoms. The third kappa shape index (κ3) is 2.48. The first-order valence-electron chi connectivity index (χ1n) is 10.1. The maximum absolute atomic E-state index is 13.5. The van der Waals surface area contributed by atoms with Crippen LogP contribution in [-0.4, -0.2) is 48.4 Å². The number of ether oxygens (including phenoxy) is 3. The average Bonchev–Trinajstić information content (AvgIpc) is 3.47. The first kappa shape index (κ1) is 18.2. The van der Waals surface area contributed by atoms with Gasteiger partial charge < -0.3 is 19.5 Å². The molecule has 2 heterocycles. The van der Waals surface area contributed by atoms with E-state index in [0.717, 1.165) is 49.4 Å². The lowest BCUT2D eigenvalue weighted by molar-refractivity contribution is -0.141. The molecule has 7 heteroatoms. The number of hydrogen-bond acceptors (Lipinski definition) is 5. The summed E-state index contributed by atoms with van der Waals surface area (Å²) in [6.45, 7) is 0.729. The Hall–Kier alpha value is -1.86. The molecule has 1 saturated heterocycles. The van der Waals surface area contributed by atoms with Gasteiger partial charge in [0.05, 0.1) is 12.7 Å². The van der Waals surface area contributed by atoms with Crippen molar-refractivity contribution in [1.82, 2.24) is 10.2 Å². The second kappa shape index (κ2) is 6.32. The largest absolute Gasteiger partial charge is 0.493 e. The van der Waals surface area contributed by atoms with Crippen LogP contribution in [0.3, 0.4) is 0 Å². The molecule has 0 aromatic heterocycles. The van der Waals surface area contributed by atoms with Gasteiger partial charge in [-0.1, -0.05) is 0 Å². The lowest BCUT2D eigenvalue weighted by Gasteiger charge is -2.44. The molecule has 150 valence electrons. The van der Waals surface area contributed by atoms with Gasteiger partial charge in [0.25, 0.3) is 5.91 Å². The molecule has 3 fully saturated rings. The zero-order chi connectivity index (χ0) is 19.5. The molecule has 5 rings (SSSR count). The maximum Gasteiger partial charge on any atom is 0.263 e. The molecule has 1 unspecified atom stereocenters. The first-order valence-corrected chi connectivity index (χ1v) is 10.5. The Balaban J connectivity index is 1.56. The Bertz CT molecular complexity index is 832. The van der Waals surface area contributed by atoms with E-state index in [2.05, 4.69) is 5.32 Å². The molecule has 6 nitrogen and oxygen atoms in total. The SMILES string of the molecule is COC1CCC2(CC1)Oc1ccc(OCC3CC3)cc1C21NC(=S)N(C)C1=O. The van der Waals surface area contributed by atoms with Crippen LogP contribution in [0.2, 0.25) is 0 Å². The number of nitrogens with zero attached hydrogens (tertiary/aromatic N) is 1. The second-order valence-corrected chi connectivity index (χ2v) is 8.87. The molecule has 1 amide bonds. The minimum Gasteiger partial charge on any atom is -0.493 e. The van der Waals surface area contributed by atoms with Crippen molar-refractivity contribution in [3.8, 4) is 11.5 Å². The van der Waals surface area contributed by atoms with Gasteiger partial charge in [-0.25, -0.2) is 0 Å². The Kier molecular flexibility index (Phi) is 4.11. The van der Waals surface area contributed by atoms with Gasteiger partial charge in [0.2, 0.25) is 0 Å². The summed E-state index contributed by atoms with van der Waals surface area (Å²) in [5.74, 6) is 2.14. The number of hydrogen-bond donors (Lipinski definition) is 1. The van der Waals surface area contributed by atoms with Crippen molar-refractivity contribution in [2.24, 2.45) is 5.92 Å². The van der Waals surface area contributed by atoms with Crippen LogP contribution in [0.4, 0.5) is 0 Å². The first-order chi connectivity index (χ1) is 13.5. The van der Waals surface area contributed by atoms with Crippen LogP contribution < -0.4 is 14.8 Å². The molecule has 1 N–H and O–H groups in total. The van der Waals surface area contributed by atoms with Crippen molar-refractivity contribution in [3.05, 3.63) is 23.8 Å². The van der Waals surface area contributed by atoms with E-state index in [1.54, 1.807) is 14.2 Å². The highest BCUT2D eigenvalue weighted by Gasteiger charge is 2.69. The van der Waals surface area contributed by atoms with E-state index in [0.29, 0.717) is 11.0 Å². The molecule has 2 aliphatic heterocycles. The fourth-order valence-corrected chi connectivity index (χ4v) is 5.15. The maximum atomic E-state index is 13.5. The summed E-state index contributed by atoms with van der Waals surface area (Å²) in [6, 6.07) is 5.85. The third-order valence-corrected chi connectivity index (χ3v) is 7.20. The van der Waals surface area contributed by atoms with Crippen molar-refractivity contribution >= 4 is 23.2 Å². The molecular formula is C21H26N2O4S. The predicted octanol–water partition coefficient (Wildman–Crippen LogP) is 2.74. The van der Waals surface area contributed by atoms with E-state index in [9.17, 15) is 4.79 Å². The van der Waals surface area contributed by atoms with Gasteiger partial charge in [-0.2, -0.15) is 0 Å². The highest BCUT2D eigenvalue weighted by Crippen LogP contribution is 2.57. The summed E-state index contributed by atoms with van der Waals surface area (Å²) < 4.78 is 18.1. The zero-order valence-electron chi connectivity index (χ0n) is 16.3. The number of rotatable bonds is 4. The molecular weight excluding hydrogens is 376 g/mol. The number of carbonyl (C=O) groups is 1. The summed E-state index contributed by atoms with van der Waals surface area (Å²) >= 11 is 5.46. The molecule has 0 bridgehead atoms. The van der Waals surface area contributed by atoms with Crippen molar-refractivity contribution in [2.45, 2.75) is 55.8 Å². The number of likely N-dealkylation sites (N-methyl/N-ethyl adjacent to an activating group) is 1. The lowest BCUT2D eigenvalue weighted by atomic mass is 9.68. The fourth-order valence-electron chi connectivity index (χ4n) is 4.92. The molecule has 1 atom stereocenters. The standard InChI is InChI=1S/C21H26N2O4S/c1-23-18(24)21(22-19(23)28)16-11-15(26-12-13-3-4-13)5-6-17(16)27-20(21)9-7-14(25-2)8-10-20/h5-6,11,13-14H,3-4,7-10,12H2,1-2H3,(H,22,28). The Morgan fingerprint density at radius 2 is 2.04 bits per heavy atom. The number of carbonyl (C=O) groups excluding carboxylic acids is 1. The van der Waals surface area contributed by atoms with Crippen LogP contribution >= 0.6 is 12.2 Å². The molecule has 2 saturated carbocycles. The normalized spacial score (nSPS) is 33.9. The van der Waals surface area contributed by atoms with Crippen LogP contribution in [-0.2, 0) is 15.1 Å². The molecule has 1 aromatic carbocycles. The number of thiocarbonyl (C=S) groups is 1. The summed E-state index contributed by atoms with van der Waals surface area (Å²) in [7, 11) is 3.47. The van der Waals surface area contributed by atoms with Crippen LogP contribution in [0.25, 0.3) is 0 Å². The van der Waals surface area contributed by atoms with Gasteiger partial charge in [0.15, 0.2) is 10.7 Å². The summed E-state index contributed by atoms with van der Waals surface area (Å²) in [6.07, 6.45) is 5.84. The Morgan fingerprint density at radius 1 is 1.29 bits per heavy atom. The number of amides is 1. The molecule has 4 aliphatic rings. The minimum absolute atomic E-state index is 0.0496. The summed E-state index contributed by atoms with van der Waals surface area (Å²) in [4.78, 5) is 15.1. The van der Waals surface area contributed by atoms with Crippen LogP contribution in [0, 0.1) is 5.92 Å². The average molecular weight is 403 g/mol. The van der Waals surface area contributed by atoms with Gasteiger partial charge >= 0.3 is 0 Å². The number of methoxy groups -OCH3 is 1. The van der Waals surface area contributed by atoms with Crippen molar-refractivity contribution in [1.29, 1.82) is 0 Å². The smallest absolute Gasteiger partial charge is 0.263 e. The van der Waals surface area contributed by atoms with E-state index >= 15 is 0 Å². The Labute approximate surface area is 170 Å².